The van der Waals surface area contributed by atoms with Crippen molar-refractivity contribution in [2.24, 2.45) is 46.3 Å². The molecule has 0 N–H and O–H groups in total. The van der Waals surface area contributed by atoms with Gasteiger partial charge in [0.05, 0.1) is 0 Å². The van der Waals surface area contributed by atoms with Crippen LogP contribution in [0.2, 0.25) is 12.6 Å². The van der Waals surface area contributed by atoms with Crippen molar-refractivity contribution in [1.82, 2.24) is 0 Å². The normalized spacial score (nSPS) is 33.3. The molecule has 0 heterocycles. The molecule has 3 atom stereocenters. The summed E-state index contributed by atoms with van der Waals surface area (Å²) < 4.78 is 44.0. The summed E-state index contributed by atoms with van der Waals surface area (Å²) in [5.74, 6) is 2.14. The molecule has 0 nitrogen and oxygen atoms in total. The zero-order valence-electron chi connectivity index (χ0n) is 40.1. The molecule has 8 fully saturated rings. The van der Waals surface area contributed by atoms with Crippen LogP contribution in [0.1, 0.15) is 151 Å². The zero-order valence-corrected chi connectivity index (χ0v) is 45.2. The summed E-state index contributed by atoms with van der Waals surface area (Å²) in [6.45, 7) is 6.63. The van der Waals surface area contributed by atoms with Crippen LogP contribution in [0, 0.1) is 46.3 Å². The Hall–Kier alpha value is -2.17. The quantitative estimate of drug-likeness (QED) is 0.117. The van der Waals surface area contributed by atoms with Gasteiger partial charge in [-0.3, -0.25) is 0 Å². The van der Waals surface area contributed by atoms with Crippen molar-refractivity contribution >= 4 is 35.1 Å². The van der Waals surface area contributed by atoms with Crippen LogP contribution in [-0.4, -0.2) is 12.1 Å². The summed E-state index contributed by atoms with van der Waals surface area (Å²) in [6.07, 6.45) is 19.8. The molecule has 0 spiro atoms. The first-order valence-electron chi connectivity index (χ1n) is 26.6. The van der Waals surface area contributed by atoms with Gasteiger partial charge in [0.25, 0.3) is 0 Å². The Morgan fingerprint density at radius 1 is 0.552 bits per heavy atom. The van der Waals surface area contributed by atoms with E-state index in [1.165, 1.54) is 144 Å². The Morgan fingerprint density at radius 3 is 1.24 bits per heavy atom. The molecular weight excluding hydrogens is 968 g/mol. The van der Waals surface area contributed by atoms with E-state index in [1.807, 2.05) is 0 Å². The summed E-state index contributed by atoms with van der Waals surface area (Å²) in [5, 5.41) is 0. The Labute approximate surface area is 407 Å². The predicted octanol–water partition coefficient (Wildman–Crippen LogP) is 18.2. The van der Waals surface area contributed by atoms with E-state index in [2.05, 4.69) is 117 Å². The first-order chi connectivity index (χ1) is 32.1. The molecule has 8 saturated carbocycles. The predicted molar refractivity (Wildman–Crippen MR) is 275 cm³/mol. The van der Waals surface area contributed by atoms with Crippen molar-refractivity contribution in [2.45, 2.75) is 149 Å². The molecule has 10 aliphatic carbocycles. The van der Waals surface area contributed by atoms with E-state index in [9.17, 15) is 30.2 Å². The van der Waals surface area contributed by atoms with Crippen molar-refractivity contribution in [3.05, 3.63) is 129 Å². The van der Waals surface area contributed by atoms with Gasteiger partial charge in [0.15, 0.2) is 0 Å². The fraction of sp³-hybridized carbons (Fsp3) is 0.533. The standard InChI is InChI=1S/2C28H31.C4H8F3Si.2ClH.Zr/c2*1-2-19-6-8-24(9-7-19)26-5-3-4-25-13-23(14-27(25)26)18-28-15-20-10-21(16-28)12-22(11-20)17-28;1-8-3-2-4(5,6)7;;;/h2*3-9,13-14,20-22H,2,10-12,15-18H2,1H3;8H,2-3H2,1H3;2*1H;/q;;;;;+2/p-2. The molecule has 0 radical (unpaired) electrons. The van der Waals surface area contributed by atoms with Crippen LogP contribution in [0.5, 0.6) is 0 Å². The Bertz CT molecular complexity index is 2400. The van der Waals surface area contributed by atoms with Crippen LogP contribution in [0.15, 0.2) is 96.1 Å². The number of halogens is 5. The molecule has 0 amide bonds. The molecule has 0 saturated heterocycles. The van der Waals surface area contributed by atoms with Crippen molar-refractivity contribution in [2.75, 3.05) is 0 Å². The zero-order chi connectivity index (χ0) is 46.1. The number of alkyl halides is 3. The molecule has 67 heavy (non-hydrogen) atoms. The third-order valence-electron chi connectivity index (χ3n) is 20.0. The Morgan fingerprint density at radius 2 is 0.910 bits per heavy atom. The minimum absolute atomic E-state index is 0.0884. The van der Waals surface area contributed by atoms with E-state index in [-0.39, 0.29) is 24.1 Å². The van der Waals surface area contributed by atoms with E-state index >= 15 is 0 Å². The van der Waals surface area contributed by atoms with Crippen LogP contribution in [0.25, 0.3) is 34.4 Å². The van der Waals surface area contributed by atoms with Gasteiger partial charge in [-0.25, -0.2) is 0 Å². The Kier molecular flexibility index (Phi) is 11.5. The first-order valence-corrected chi connectivity index (χ1v) is 42.6. The molecule has 7 heteroatoms. The second-order valence-corrected chi connectivity index (χ2v) is 65.8. The van der Waals surface area contributed by atoms with E-state index in [0.29, 0.717) is 0 Å². The summed E-state index contributed by atoms with van der Waals surface area (Å²) in [6, 6.07) is 31.8. The fourth-order valence-electron chi connectivity index (χ4n) is 18.2. The molecule has 4 aromatic carbocycles. The SMILES string of the molecule is CCc1ccc(-c2cccc3c2C=C(CC24CC5CC(CC(C5)C2)C4)[CH]3[Zr]([Cl])([Cl])([CH]2C(CC34CC5CC(CC(C5)C3)C4)=Cc3c(-c4ccc(CC)cc4)cccc32)[SiH](C)CCC(F)(F)F)cc1. The summed E-state index contributed by atoms with van der Waals surface area (Å²) in [4.78, 5) is 0. The van der Waals surface area contributed by atoms with Crippen LogP contribution < -0.4 is 0 Å². The van der Waals surface area contributed by atoms with Gasteiger partial charge in [0.2, 0.25) is 0 Å². The number of hydrogen-bond donors (Lipinski definition) is 0. The first kappa shape index (κ1) is 45.9. The number of hydrogen-bond acceptors (Lipinski definition) is 0. The molecule has 0 aromatic heterocycles. The average molecular weight is 1040 g/mol. The molecule has 10 aliphatic rings. The van der Waals surface area contributed by atoms with Gasteiger partial charge in [-0.15, -0.1) is 0 Å². The molecule has 3 unspecified atom stereocenters. The van der Waals surface area contributed by atoms with Gasteiger partial charge in [0, 0.05) is 0 Å². The van der Waals surface area contributed by atoms with Gasteiger partial charge < -0.3 is 0 Å². The maximum atomic E-state index is 14.8. The molecule has 353 valence electrons. The van der Waals surface area contributed by atoms with Crippen molar-refractivity contribution in [1.29, 1.82) is 0 Å². The number of aryl methyl sites for hydroxylation is 2. The monoisotopic (exact) mass is 1040 g/mol. The summed E-state index contributed by atoms with van der Waals surface area (Å²) in [5.41, 5.74) is 15.5. The maximum absolute atomic E-state index is 14.8. The van der Waals surface area contributed by atoms with Gasteiger partial charge in [-0.2, -0.15) is 0 Å². The number of fused-ring (bicyclic) bond motifs is 2. The molecule has 14 rings (SSSR count). The minimum atomic E-state index is -5.81. The molecule has 8 bridgehead atoms. The Balaban J connectivity index is 1.07. The van der Waals surface area contributed by atoms with Crippen LogP contribution in [0.3, 0.4) is 0 Å². The second kappa shape index (κ2) is 16.7. The van der Waals surface area contributed by atoms with Crippen LogP contribution in [0.4, 0.5) is 13.2 Å². The number of benzene rings is 4. The fourth-order valence-corrected chi connectivity index (χ4v) is 58.1. The van der Waals surface area contributed by atoms with E-state index in [0.717, 1.165) is 61.2 Å². The van der Waals surface area contributed by atoms with Crippen molar-refractivity contribution < 1.29 is 28.7 Å². The number of rotatable bonds is 13. The van der Waals surface area contributed by atoms with E-state index < -0.39 is 34.1 Å². The van der Waals surface area contributed by atoms with Gasteiger partial charge in [-0.1, -0.05) is 0 Å². The number of allylic oxidation sites excluding steroid dienone is 2. The third-order valence-corrected chi connectivity index (χ3v) is 70.2. The van der Waals surface area contributed by atoms with Gasteiger partial charge >= 0.3 is 411 Å². The van der Waals surface area contributed by atoms with Crippen LogP contribution in [-0.2, 0) is 28.4 Å². The third kappa shape index (κ3) is 7.89. The molecular formula is C60H70Cl2F3SiZr. The average Bonchev–Trinajstić information content (AvgIpc) is 3.85. The molecule has 0 aliphatic heterocycles. The molecule has 4 aromatic rings. The second-order valence-electron chi connectivity index (χ2n) is 24.5. The van der Waals surface area contributed by atoms with Gasteiger partial charge in [0.1, 0.15) is 0 Å². The van der Waals surface area contributed by atoms with Crippen molar-refractivity contribution in [3.8, 4) is 22.3 Å². The topological polar surface area (TPSA) is 0 Å². The van der Waals surface area contributed by atoms with Crippen molar-refractivity contribution in [3.63, 3.8) is 0 Å². The van der Waals surface area contributed by atoms with Gasteiger partial charge in [-0.05, 0) is 0 Å². The van der Waals surface area contributed by atoms with E-state index in [4.69, 9.17) is 0 Å². The summed E-state index contributed by atoms with van der Waals surface area (Å²) >= 11 is -5.81. The summed E-state index contributed by atoms with van der Waals surface area (Å²) in [7, 11) is 18.7. The van der Waals surface area contributed by atoms with E-state index in [1.54, 1.807) is 0 Å². The van der Waals surface area contributed by atoms with Crippen LogP contribution >= 0.6 is 17.0 Å².